The monoisotopic (exact) mass is 259 g/mol. The van der Waals surface area contributed by atoms with E-state index in [0.717, 1.165) is 13.1 Å². The summed E-state index contributed by atoms with van der Waals surface area (Å²) < 4.78 is 7.18. The van der Waals surface area contributed by atoms with Gasteiger partial charge in [-0.2, -0.15) is 0 Å². The summed E-state index contributed by atoms with van der Waals surface area (Å²) in [7, 11) is 1.72. The van der Waals surface area contributed by atoms with Crippen molar-refractivity contribution >= 4 is 0 Å². The first-order valence-corrected chi connectivity index (χ1v) is 6.54. The molecule has 0 aliphatic rings. The molecule has 102 valence electrons. The third-order valence-corrected chi connectivity index (χ3v) is 3.03. The lowest BCUT2D eigenvalue weighted by Gasteiger charge is -2.14. The van der Waals surface area contributed by atoms with Gasteiger partial charge in [0.05, 0.1) is 12.9 Å². The second-order valence-electron chi connectivity index (χ2n) is 4.79. The van der Waals surface area contributed by atoms with E-state index in [1.165, 1.54) is 11.1 Å². The Morgan fingerprint density at radius 1 is 1.26 bits per heavy atom. The van der Waals surface area contributed by atoms with Gasteiger partial charge in [-0.3, -0.25) is 0 Å². The molecule has 1 unspecified atom stereocenters. The van der Waals surface area contributed by atoms with Crippen LogP contribution >= 0.6 is 0 Å². The van der Waals surface area contributed by atoms with E-state index in [0.29, 0.717) is 12.6 Å². The zero-order chi connectivity index (χ0) is 13.5. The molecule has 0 saturated carbocycles. The highest BCUT2D eigenvalue weighted by Crippen LogP contribution is 2.05. The van der Waals surface area contributed by atoms with Crippen molar-refractivity contribution < 1.29 is 4.74 Å². The van der Waals surface area contributed by atoms with Crippen molar-refractivity contribution in [3.8, 4) is 0 Å². The van der Waals surface area contributed by atoms with Crippen molar-refractivity contribution in [3.63, 3.8) is 0 Å². The number of benzene rings is 1. The SMILES string of the molecule is COCc1ccc(CNC(C)Cn2ccnc2)cc1. The molecule has 0 aliphatic heterocycles. The van der Waals surface area contributed by atoms with Crippen LogP contribution in [0.15, 0.2) is 43.0 Å². The molecule has 2 aromatic rings. The summed E-state index contributed by atoms with van der Waals surface area (Å²) in [5.41, 5.74) is 2.50. The Balaban J connectivity index is 1.78. The van der Waals surface area contributed by atoms with E-state index in [1.807, 2.05) is 12.5 Å². The van der Waals surface area contributed by atoms with Gasteiger partial charge in [0.2, 0.25) is 0 Å². The van der Waals surface area contributed by atoms with E-state index in [4.69, 9.17) is 4.74 Å². The molecule has 0 aliphatic carbocycles. The molecule has 0 radical (unpaired) electrons. The topological polar surface area (TPSA) is 39.1 Å². The number of hydrogen-bond acceptors (Lipinski definition) is 3. The van der Waals surface area contributed by atoms with Crippen LogP contribution in [0.5, 0.6) is 0 Å². The van der Waals surface area contributed by atoms with E-state index >= 15 is 0 Å². The number of methoxy groups -OCH3 is 1. The standard InChI is InChI=1S/C15H21N3O/c1-13(10-18-8-7-16-12-18)17-9-14-3-5-15(6-4-14)11-19-2/h3-8,12-13,17H,9-11H2,1-2H3. The second-order valence-corrected chi connectivity index (χ2v) is 4.79. The number of aromatic nitrogens is 2. The maximum atomic E-state index is 5.10. The minimum atomic E-state index is 0.410. The van der Waals surface area contributed by atoms with Crippen molar-refractivity contribution in [3.05, 3.63) is 54.1 Å². The van der Waals surface area contributed by atoms with E-state index in [1.54, 1.807) is 13.3 Å². The van der Waals surface area contributed by atoms with Crippen molar-refractivity contribution in [1.82, 2.24) is 14.9 Å². The molecule has 0 fully saturated rings. The molecule has 1 heterocycles. The molecule has 1 atom stereocenters. The molecule has 19 heavy (non-hydrogen) atoms. The first-order valence-electron chi connectivity index (χ1n) is 6.54. The maximum absolute atomic E-state index is 5.10. The number of imidazole rings is 1. The smallest absolute Gasteiger partial charge is 0.0946 e. The van der Waals surface area contributed by atoms with Crippen molar-refractivity contribution in [2.75, 3.05) is 7.11 Å². The molecule has 1 N–H and O–H groups in total. The number of rotatable bonds is 7. The minimum absolute atomic E-state index is 0.410. The first kappa shape index (κ1) is 13.8. The quantitative estimate of drug-likeness (QED) is 0.828. The second kappa shape index (κ2) is 7.07. The number of ether oxygens (including phenoxy) is 1. The first-order chi connectivity index (χ1) is 9.28. The fourth-order valence-corrected chi connectivity index (χ4v) is 1.99. The Bertz CT molecular complexity index is 465. The molecule has 1 aromatic carbocycles. The molecule has 0 amide bonds. The lowest BCUT2D eigenvalue weighted by Crippen LogP contribution is -2.29. The van der Waals surface area contributed by atoms with Crippen LogP contribution in [-0.4, -0.2) is 22.7 Å². The van der Waals surface area contributed by atoms with Crippen molar-refractivity contribution in [2.45, 2.75) is 32.7 Å². The van der Waals surface area contributed by atoms with Crippen LogP contribution in [0.1, 0.15) is 18.1 Å². The molecule has 0 saturated heterocycles. The minimum Gasteiger partial charge on any atom is -0.380 e. The van der Waals surface area contributed by atoms with Gasteiger partial charge >= 0.3 is 0 Å². The Hall–Kier alpha value is -1.65. The summed E-state index contributed by atoms with van der Waals surface area (Å²) in [5.74, 6) is 0. The summed E-state index contributed by atoms with van der Waals surface area (Å²) >= 11 is 0. The fraction of sp³-hybridized carbons (Fsp3) is 0.400. The van der Waals surface area contributed by atoms with Gasteiger partial charge in [0.1, 0.15) is 0 Å². The molecule has 4 nitrogen and oxygen atoms in total. The van der Waals surface area contributed by atoms with E-state index in [9.17, 15) is 0 Å². The number of nitrogens with zero attached hydrogens (tertiary/aromatic N) is 2. The Labute approximate surface area is 114 Å². The summed E-state index contributed by atoms with van der Waals surface area (Å²) in [4.78, 5) is 4.04. The van der Waals surface area contributed by atoms with Crippen LogP contribution in [-0.2, 0) is 24.4 Å². The van der Waals surface area contributed by atoms with Gasteiger partial charge in [-0.05, 0) is 18.1 Å². The highest BCUT2D eigenvalue weighted by molar-refractivity contribution is 5.21. The lowest BCUT2D eigenvalue weighted by molar-refractivity contribution is 0.185. The van der Waals surface area contributed by atoms with Gasteiger partial charge < -0.3 is 14.6 Å². The average Bonchev–Trinajstić information content (AvgIpc) is 2.91. The van der Waals surface area contributed by atoms with E-state index in [-0.39, 0.29) is 0 Å². The maximum Gasteiger partial charge on any atom is 0.0946 e. The summed E-state index contributed by atoms with van der Waals surface area (Å²) in [6.45, 7) is 4.66. The normalized spacial score (nSPS) is 12.5. The average molecular weight is 259 g/mol. The largest absolute Gasteiger partial charge is 0.380 e. The molecule has 4 heteroatoms. The van der Waals surface area contributed by atoms with Gasteiger partial charge in [-0.15, -0.1) is 0 Å². The number of hydrogen-bond donors (Lipinski definition) is 1. The summed E-state index contributed by atoms with van der Waals surface area (Å²) in [6.07, 6.45) is 5.64. The van der Waals surface area contributed by atoms with Crippen LogP contribution in [0.4, 0.5) is 0 Å². The van der Waals surface area contributed by atoms with Crippen LogP contribution in [0.25, 0.3) is 0 Å². The predicted octanol–water partition coefficient (Wildman–Crippen LogP) is 2.21. The summed E-state index contributed by atoms with van der Waals surface area (Å²) in [5, 5.41) is 3.51. The fourth-order valence-electron chi connectivity index (χ4n) is 1.99. The third kappa shape index (κ3) is 4.50. The van der Waals surface area contributed by atoms with Gasteiger partial charge in [0, 0.05) is 38.6 Å². The lowest BCUT2D eigenvalue weighted by atomic mass is 10.1. The molecule has 2 rings (SSSR count). The van der Waals surface area contributed by atoms with Gasteiger partial charge in [0.15, 0.2) is 0 Å². The van der Waals surface area contributed by atoms with Crippen molar-refractivity contribution in [2.24, 2.45) is 0 Å². The molecular weight excluding hydrogens is 238 g/mol. The highest BCUT2D eigenvalue weighted by atomic mass is 16.5. The molecule has 0 bridgehead atoms. The van der Waals surface area contributed by atoms with Crippen LogP contribution < -0.4 is 5.32 Å². The van der Waals surface area contributed by atoms with Crippen LogP contribution in [0, 0.1) is 0 Å². The highest BCUT2D eigenvalue weighted by Gasteiger charge is 2.02. The van der Waals surface area contributed by atoms with Crippen LogP contribution in [0.3, 0.4) is 0 Å². The van der Waals surface area contributed by atoms with E-state index < -0.39 is 0 Å². The predicted molar refractivity (Wildman–Crippen MR) is 75.7 cm³/mol. The van der Waals surface area contributed by atoms with Crippen molar-refractivity contribution in [1.29, 1.82) is 0 Å². The zero-order valence-electron chi connectivity index (χ0n) is 11.5. The molecule has 0 spiro atoms. The van der Waals surface area contributed by atoms with Gasteiger partial charge in [-0.1, -0.05) is 24.3 Å². The Morgan fingerprint density at radius 3 is 2.63 bits per heavy atom. The van der Waals surface area contributed by atoms with Crippen LogP contribution in [0.2, 0.25) is 0 Å². The Kier molecular flexibility index (Phi) is 5.12. The summed E-state index contributed by atoms with van der Waals surface area (Å²) in [6, 6.07) is 8.92. The molecular formula is C15H21N3O. The number of nitrogens with one attached hydrogen (secondary N) is 1. The third-order valence-electron chi connectivity index (χ3n) is 3.03. The van der Waals surface area contributed by atoms with Gasteiger partial charge in [-0.25, -0.2) is 4.98 Å². The van der Waals surface area contributed by atoms with Gasteiger partial charge in [0.25, 0.3) is 0 Å². The van der Waals surface area contributed by atoms with E-state index in [2.05, 4.69) is 46.1 Å². The molecule has 1 aromatic heterocycles. The zero-order valence-corrected chi connectivity index (χ0v) is 11.5. The Morgan fingerprint density at radius 2 is 2.00 bits per heavy atom.